The van der Waals surface area contributed by atoms with Crippen molar-refractivity contribution in [2.24, 2.45) is 0 Å². The number of pyridine rings is 2. The maximum atomic E-state index is 12.3. The maximum absolute atomic E-state index is 12.3. The third-order valence-electron chi connectivity index (χ3n) is 21.7. The van der Waals surface area contributed by atoms with Crippen molar-refractivity contribution in [1.82, 2.24) is 20.2 Å². The lowest BCUT2D eigenvalue weighted by molar-refractivity contribution is 0.0914. The Balaban J connectivity index is 0.000000134. The standard InChI is InChI=1S/C18H17NO3.3C18H16O4.C17H16N2O3.C16H13NO4/c20-16(6-7-17(21)15-3-1-9-19-12-15)13-5-8-18-14(11-13)4-2-10-22-18;1-12-2-4-13(5-3-12)15(19)7-8-16(20)14-6-9-17-18(10-14)22-11-21-17;1-12-3-2-4-13(9-12)15(19)6-7-16(20)14-5-8-17-18(10-14)22-11-21-17;1-12-4-2-3-5-14(12)16(20)8-7-15(19)13-6-9-17-18(10-13)22-11-21-17;20-15(6-7-16(21)14-4-1-9-18-19-14)12-5-8-17-13(11-12)3-2-10-22-17;18-13(4-5-14(19)12-2-1-7-17-9-12)11-3-6-15-16(8-11)21-10-20-15/h1,3,5,8-9,11-12H,2,4,6-7,10H2;2-6,9-10H,7-8,11H2,1H3;2-5,8-10H,6-7,11H2,1H3;2-6,9-10H,7-8,11H2,1H3;1,4-5,8-9,11H,2-3,6-7,10H2;1-3,6-9H,4-5,10H2. The number of ether oxygens (including phenoxy) is 10. The highest BCUT2D eigenvalue weighted by molar-refractivity contribution is 6.07. The number of Topliss-reactive ketones (excluding diaryl/α,β-unsaturated/α-hetero) is 12. The van der Waals surface area contributed by atoms with Crippen molar-refractivity contribution in [2.45, 2.75) is 124 Å². The second-order valence-corrected chi connectivity index (χ2v) is 31.0. The predicted molar refractivity (Wildman–Crippen MR) is 482 cm³/mol. The van der Waals surface area contributed by atoms with E-state index in [-0.39, 0.29) is 174 Å². The molecule has 0 bridgehead atoms. The van der Waals surface area contributed by atoms with E-state index in [1.807, 2.05) is 93.6 Å². The molecule has 0 saturated carbocycles. The van der Waals surface area contributed by atoms with Crippen LogP contribution in [0.2, 0.25) is 0 Å². The first kappa shape index (κ1) is 93.1. The molecule has 18 rings (SSSR count). The summed E-state index contributed by atoms with van der Waals surface area (Å²) in [6, 6.07) is 63.6. The zero-order chi connectivity index (χ0) is 92.0. The molecule has 26 heteroatoms. The fourth-order valence-corrected chi connectivity index (χ4v) is 14.4. The first-order valence-corrected chi connectivity index (χ1v) is 42.9. The van der Waals surface area contributed by atoms with Crippen molar-refractivity contribution in [2.75, 3.05) is 40.4 Å². The van der Waals surface area contributed by atoms with Crippen LogP contribution in [0.4, 0.5) is 0 Å². The zero-order valence-electron chi connectivity index (χ0n) is 72.5. The molecule has 0 radical (unpaired) electrons. The molecule has 6 aliphatic rings. The molecular weight excluding hydrogens is 1670 g/mol. The molecule has 0 atom stereocenters. The van der Waals surface area contributed by atoms with Gasteiger partial charge in [-0.15, -0.1) is 5.10 Å². The van der Waals surface area contributed by atoms with Crippen molar-refractivity contribution >= 4 is 69.4 Å². The third kappa shape index (κ3) is 26.5. The number of carbonyl (C=O) groups is 12. The maximum Gasteiger partial charge on any atom is 0.231 e. The number of benzene rings is 9. The fourth-order valence-electron chi connectivity index (χ4n) is 14.4. The minimum Gasteiger partial charge on any atom is -0.493 e. The molecule has 26 nitrogen and oxygen atoms in total. The first-order chi connectivity index (χ1) is 63.6. The van der Waals surface area contributed by atoms with E-state index < -0.39 is 0 Å². The van der Waals surface area contributed by atoms with Gasteiger partial charge in [-0.05, 0) is 215 Å². The Labute approximate surface area is 755 Å². The second kappa shape index (κ2) is 46.2. The van der Waals surface area contributed by atoms with Gasteiger partial charge < -0.3 is 47.4 Å². The number of hydrogen-bond donors (Lipinski definition) is 0. The minimum atomic E-state index is -0.164. The quantitative estimate of drug-likeness (QED) is 0.0377. The van der Waals surface area contributed by atoms with Gasteiger partial charge in [0.25, 0.3) is 0 Å². The van der Waals surface area contributed by atoms with Crippen LogP contribution in [0.1, 0.15) is 242 Å². The van der Waals surface area contributed by atoms with Crippen LogP contribution in [-0.2, 0) is 12.8 Å². The van der Waals surface area contributed by atoms with Gasteiger partial charge >= 0.3 is 0 Å². The second-order valence-electron chi connectivity index (χ2n) is 31.0. The van der Waals surface area contributed by atoms with E-state index in [0.717, 1.165) is 78.2 Å². The van der Waals surface area contributed by atoms with Crippen molar-refractivity contribution in [3.63, 3.8) is 0 Å². The number of aromatic nitrogens is 4. The molecule has 9 aromatic carbocycles. The van der Waals surface area contributed by atoms with Crippen molar-refractivity contribution < 1.29 is 105 Å². The highest BCUT2D eigenvalue weighted by atomic mass is 16.7. The Hall–Kier alpha value is -15.6. The van der Waals surface area contributed by atoms with E-state index in [9.17, 15) is 57.5 Å². The number of nitrogens with zero attached hydrogens (tertiary/aromatic N) is 4. The largest absolute Gasteiger partial charge is 0.493 e. The normalized spacial score (nSPS) is 12.5. The highest BCUT2D eigenvalue weighted by Gasteiger charge is 2.25. The number of ketones is 12. The number of carbonyl (C=O) groups excluding carboxylic acids is 12. The van der Waals surface area contributed by atoms with E-state index >= 15 is 0 Å². The lowest BCUT2D eigenvalue weighted by atomic mass is 9.98. The molecule has 9 heterocycles. The van der Waals surface area contributed by atoms with Gasteiger partial charge in [0.1, 0.15) is 17.2 Å². The molecule has 0 amide bonds. The van der Waals surface area contributed by atoms with Crippen molar-refractivity contribution in [1.29, 1.82) is 0 Å². The van der Waals surface area contributed by atoms with Gasteiger partial charge in [0.2, 0.25) is 27.2 Å². The number of hydrogen-bond acceptors (Lipinski definition) is 26. The van der Waals surface area contributed by atoms with Crippen LogP contribution in [-0.4, -0.2) is 130 Å². The highest BCUT2D eigenvalue weighted by Crippen LogP contribution is 2.38. The summed E-state index contributed by atoms with van der Waals surface area (Å²) in [5, 5.41) is 7.43. The van der Waals surface area contributed by atoms with Gasteiger partial charge in [0.05, 0.1) is 13.2 Å². The van der Waals surface area contributed by atoms with Crippen LogP contribution >= 0.6 is 0 Å². The lowest BCUT2D eigenvalue weighted by Crippen LogP contribution is -2.11. The van der Waals surface area contributed by atoms with Crippen LogP contribution in [0.25, 0.3) is 0 Å². The molecule has 12 aromatic rings. The fraction of sp³-hybridized carbons (Fsp3) is 0.238. The van der Waals surface area contributed by atoms with Gasteiger partial charge in [-0.3, -0.25) is 67.5 Å². The summed E-state index contributed by atoms with van der Waals surface area (Å²) in [5.41, 5.74) is 12.0. The Morgan fingerprint density at radius 3 is 0.939 bits per heavy atom. The van der Waals surface area contributed by atoms with Crippen molar-refractivity contribution in [3.8, 4) is 57.5 Å². The summed E-state index contributed by atoms with van der Waals surface area (Å²) in [6.45, 7) is 7.98. The average Bonchev–Trinajstić information content (AvgIpc) is 1.79. The summed E-state index contributed by atoms with van der Waals surface area (Å²) >= 11 is 0. The van der Waals surface area contributed by atoms with Gasteiger partial charge in [-0.25, -0.2) is 0 Å². The molecule has 666 valence electrons. The summed E-state index contributed by atoms with van der Waals surface area (Å²) < 4.78 is 52.9. The van der Waals surface area contributed by atoms with Crippen LogP contribution in [0, 0.1) is 20.8 Å². The van der Waals surface area contributed by atoms with Gasteiger partial charge in [0, 0.05) is 169 Å². The Morgan fingerprint density at radius 2 is 0.573 bits per heavy atom. The molecule has 0 spiro atoms. The molecule has 6 aliphatic heterocycles. The lowest BCUT2D eigenvalue weighted by Gasteiger charge is -2.17. The van der Waals surface area contributed by atoms with Crippen LogP contribution in [0.5, 0.6) is 57.5 Å². The van der Waals surface area contributed by atoms with E-state index in [1.165, 1.54) is 18.6 Å². The predicted octanol–water partition coefficient (Wildman–Crippen LogP) is 19.3. The number of rotatable bonds is 30. The average molecular weight is 1760 g/mol. The molecular formula is C105H94N4O22. The molecule has 131 heavy (non-hydrogen) atoms. The minimum absolute atomic E-state index is 0.00723. The summed E-state index contributed by atoms with van der Waals surface area (Å²) in [5.74, 6) is 5.92. The Bertz CT molecular complexity index is 6070. The van der Waals surface area contributed by atoms with E-state index in [0.29, 0.717) is 113 Å². The van der Waals surface area contributed by atoms with E-state index in [4.69, 9.17) is 47.4 Å². The summed E-state index contributed by atoms with van der Waals surface area (Å²) in [4.78, 5) is 153. The topological polar surface area (TPSA) is 349 Å². The molecule has 0 saturated heterocycles. The van der Waals surface area contributed by atoms with E-state index in [2.05, 4.69) is 20.2 Å². The number of aryl methyl sites for hydroxylation is 5. The summed E-state index contributed by atoms with van der Waals surface area (Å²) in [6.07, 6.45) is 13.8. The molecule has 0 N–H and O–H groups in total. The van der Waals surface area contributed by atoms with Crippen LogP contribution in [0.3, 0.4) is 0 Å². The Kier molecular flexibility index (Phi) is 32.8. The SMILES string of the molecule is Cc1ccc(C(=O)CCC(=O)c2ccc3c(c2)OCO3)cc1.Cc1cccc(C(=O)CCC(=O)c2ccc3c(c2)OCO3)c1.Cc1ccccc1C(=O)CCC(=O)c1ccc2c(c1)OCO2.O=C(CCC(=O)c1ccc2c(c1)CCCO2)c1cccnc1.O=C(CCC(=O)c1ccc2c(c1)OCO2)c1cccnc1.O=C(CCC(=O)c1cccnn1)c1ccc2c(c1)CCCO2. The molecule has 3 aromatic heterocycles. The molecule has 0 fully saturated rings. The van der Waals surface area contributed by atoms with Crippen molar-refractivity contribution in [3.05, 3.63) is 344 Å². The van der Waals surface area contributed by atoms with Crippen LogP contribution < -0.4 is 47.4 Å². The summed E-state index contributed by atoms with van der Waals surface area (Å²) in [7, 11) is 0. The monoisotopic (exact) mass is 1760 g/mol. The molecule has 0 aliphatic carbocycles. The third-order valence-corrected chi connectivity index (χ3v) is 21.7. The first-order valence-electron chi connectivity index (χ1n) is 42.9. The van der Waals surface area contributed by atoms with Gasteiger partial charge in [-0.2, -0.15) is 5.10 Å². The molecule has 0 unspecified atom stereocenters. The zero-order valence-corrected chi connectivity index (χ0v) is 72.5. The Morgan fingerprint density at radius 1 is 0.252 bits per heavy atom. The van der Waals surface area contributed by atoms with E-state index in [1.54, 1.807) is 158 Å². The smallest absolute Gasteiger partial charge is 0.231 e. The van der Waals surface area contributed by atoms with Crippen LogP contribution in [0.15, 0.2) is 249 Å². The number of fused-ring (bicyclic) bond motifs is 6. The van der Waals surface area contributed by atoms with Gasteiger partial charge in [-0.1, -0.05) is 77.9 Å². The van der Waals surface area contributed by atoms with Gasteiger partial charge in [0.15, 0.2) is 115 Å².